The third-order valence-electron chi connectivity index (χ3n) is 3.74. The molecule has 3 aromatic rings. The van der Waals surface area contributed by atoms with E-state index >= 15 is 0 Å². The maximum atomic E-state index is 12.3. The van der Waals surface area contributed by atoms with E-state index in [4.69, 9.17) is 9.47 Å². The van der Waals surface area contributed by atoms with Gasteiger partial charge in [-0.25, -0.2) is 4.79 Å². The van der Waals surface area contributed by atoms with Gasteiger partial charge in [0.2, 0.25) is 0 Å². The van der Waals surface area contributed by atoms with Crippen LogP contribution in [0.25, 0.3) is 10.9 Å². The Morgan fingerprint density at radius 2 is 1.84 bits per heavy atom. The van der Waals surface area contributed by atoms with Gasteiger partial charge in [-0.15, -0.1) is 0 Å². The molecule has 0 radical (unpaired) electrons. The first kappa shape index (κ1) is 16.6. The average Bonchev–Trinajstić information content (AvgIpc) is 3.05. The molecule has 25 heavy (non-hydrogen) atoms. The molecule has 0 aliphatic heterocycles. The largest absolute Gasteiger partial charge is 0.497 e. The summed E-state index contributed by atoms with van der Waals surface area (Å²) in [5, 5.41) is 3.55. The van der Waals surface area contributed by atoms with Gasteiger partial charge in [0.15, 0.2) is 6.10 Å². The van der Waals surface area contributed by atoms with Gasteiger partial charge < -0.3 is 19.8 Å². The summed E-state index contributed by atoms with van der Waals surface area (Å²) < 4.78 is 10.4. The number of amides is 1. The summed E-state index contributed by atoms with van der Waals surface area (Å²) >= 11 is 0. The van der Waals surface area contributed by atoms with Crippen molar-refractivity contribution in [3.8, 4) is 5.75 Å². The Morgan fingerprint density at radius 3 is 2.56 bits per heavy atom. The summed E-state index contributed by atoms with van der Waals surface area (Å²) in [5.41, 5.74) is 1.68. The number of benzene rings is 2. The van der Waals surface area contributed by atoms with Crippen molar-refractivity contribution in [2.75, 3.05) is 12.4 Å². The van der Waals surface area contributed by atoms with Gasteiger partial charge in [-0.05, 0) is 37.3 Å². The fraction of sp³-hybridized carbons (Fsp3) is 0.158. The number of H-pyrrole nitrogens is 1. The van der Waals surface area contributed by atoms with E-state index in [2.05, 4.69) is 10.3 Å². The number of methoxy groups -OCH3 is 1. The highest BCUT2D eigenvalue weighted by molar-refractivity contribution is 5.99. The fourth-order valence-electron chi connectivity index (χ4n) is 2.39. The number of carbonyl (C=O) groups is 2. The number of esters is 1. The SMILES string of the molecule is COc1ccc2cc(C(=O)O[C@@H](C)C(=O)Nc3ccccc3)[nH]c2c1. The Balaban J connectivity index is 1.67. The quantitative estimate of drug-likeness (QED) is 0.699. The summed E-state index contributed by atoms with van der Waals surface area (Å²) in [5.74, 6) is -0.298. The number of para-hydroxylation sites is 1. The summed E-state index contributed by atoms with van der Waals surface area (Å²) in [6.07, 6.45) is -0.923. The molecule has 1 atom stereocenters. The van der Waals surface area contributed by atoms with Crippen LogP contribution in [0.1, 0.15) is 17.4 Å². The molecule has 0 aliphatic carbocycles. The van der Waals surface area contributed by atoms with E-state index in [9.17, 15) is 9.59 Å². The molecule has 1 heterocycles. The van der Waals surface area contributed by atoms with Crippen LogP contribution in [-0.4, -0.2) is 30.1 Å². The maximum absolute atomic E-state index is 12.3. The molecule has 0 unspecified atom stereocenters. The molecule has 0 spiro atoms. The lowest BCUT2D eigenvalue weighted by Crippen LogP contribution is -2.30. The molecule has 0 fully saturated rings. The first-order chi connectivity index (χ1) is 12.1. The zero-order valence-corrected chi connectivity index (χ0v) is 13.9. The van der Waals surface area contributed by atoms with E-state index in [1.165, 1.54) is 6.92 Å². The number of ether oxygens (including phenoxy) is 2. The van der Waals surface area contributed by atoms with Crippen LogP contribution in [0.3, 0.4) is 0 Å². The average molecular weight is 338 g/mol. The molecule has 3 rings (SSSR count). The van der Waals surface area contributed by atoms with Crippen LogP contribution in [0.5, 0.6) is 5.75 Å². The summed E-state index contributed by atoms with van der Waals surface area (Å²) in [7, 11) is 1.58. The summed E-state index contributed by atoms with van der Waals surface area (Å²) in [6.45, 7) is 1.53. The zero-order valence-electron chi connectivity index (χ0n) is 13.9. The number of rotatable bonds is 5. The van der Waals surface area contributed by atoms with Crippen molar-refractivity contribution < 1.29 is 19.1 Å². The molecule has 0 saturated heterocycles. The van der Waals surface area contributed by atoms with Gasteiger partial charge in [0, 0.05) is 22.7 Å². The molecular weight excluding hydrogens is 320 g/mol. The van der Waals surface area contributed by atoms with Crippen LogP contribution in [0.2, 0.25) is 0 Å². The van der Waals surface area contributed by atoms with Gasteiger partial charge in [-0.2, -0.15) is 0 Å². The molecule has 0 aliphatic rings. The number of fused-ring (bicyclic) bond motifs is 1. The van der Waals surface area contributed by atoms with Crippen LogP contribution >= 0.6 is 0 Å². The molecule has 128 valence electrons. The summed E-state index contributed by atoms with van der Waals surface area (Å²) in [4.78, 5) is 27.4. The second-order valence-corrected chi connectivity index (χ2v) is 5.54. The predicted octanol–water partition coefficient (Wildman–Crippen LogP) is 3.36. The molecule has 1 aromatic heterocycles. The second kappa shape index (κ2) is 7.09. The van der Waals surface area contributed by atoms with Crippen LogP contribution in [0, 0.1) is 0 Å². The van der Waals surface area contributed by atoms with E-state index in [1.54, 1.807) is 37.4 Å². The molecule has 6 heteroatoms. The van der Waals surface area contributed by atoms with Crippen LogP contribution in [0.4, 0.5) is 5.69 Å². The minimum absolute atomic E-state index is 0.280. The highest BCUT2D eigenvalue weighted by atomic mass is 16.5. The molecule has 2 aromatic carbocycles. The van der Waals surface area contributed by atoms with Gasteiger partial charge in [0.25, 0.3) is 5.91 Å². The number of carbonyl (C=O) groups excluding carboxylic acids is 2. The van der Waals surface area contributed by atoms with Gasteiger partial charge >= 0.3 is 5.97 Å². The van der Waals surface area contributed by atoms with Crippen molar-refractivity contribution in [2.45, 2.75) is 13.0 Å². The normalized spacial score (nSPS) is 11.8. The Hall–Kier alpha value is -3.28. The minimum Gasteiger partial charge on any atom is -0.497 e. The monoisotopic (exact) mass is 338 g/mol. The lowest BCUT2D eigenvalue weighted by Gasteiger charge is -2.12. The van der Waals surface area contributed by atoms with Gasteiger partial charge in [-0.1, -0.05) is 18.2 Å². The Bertz CT molecular complexity index is 902. The smallest absolute Gasteiger partial charge is 0.355 e. The third-order valence-corrected chi connectivity index (χ3v) is 3.74. The van der Waals surface area contributed by atoms with Crippen molar-refractivity contribution in [3.05, 3.63) is 60.3 Å². The van der Waals surface area contributed by atoms with E-state index in [0.29, 0.717) is 11.4 Å². The van der Waals surface area contributed by atoms with E-state index < -0.39 is 18.0 Å². The zero-order chi connectivity index (χ0) is 17.8. The van der Waals surface area contributed by atoms with Crippen molar-refractivity contribution in [1.29, 1.82) is 0 Å². The molecule has 6 nitrogen and oxygen atoms in total. The number of aromatic nitrogens is 1. The van der Waals surface area contributed by atoms with E-state index in [-0.39, 0.29) is 5.69 Å². The van der Waals surface area contributed by atoms with Crippen molar-refractivity contribution >= 4 is 28.5 Å². The fourth-order valence-corrected chi connectivity index (χ4v) is 2.39. The predicted molar refractivity (Wildman–Crippen MR) is 94.8 cm³/mol. The molecular formula is C19H18N2O4. The van der Waals surface area contributed by atoms with Crippen LogP contribution in [0.15, 0.2) is 54.6 Å². The van der Waals surface area contributed by atoms with Gasteiger partial charge in [-0.3, -0.25) is 4.79 Å². The second-order valence-electron chi connectivity index (χ2n) is 5.54. The van der Waals surface area contributed by atoms with Crippen LogP contribution in [-0.2, 0) is 9.53 Å². The van der Waals surface area contributed by atoms with E-state index in [1.807, 2.05) is 24.3 Å². The lowest BCUT2D eigenvalue weighted by molar-refractivity contribution is -0.123. The van der Waals surface area contributed by atoms with Crippen molar-refractivity contribution in [3.63, 3.8) is 0 Å². The topological polar surface area (TPSA) is 80.4 Å². The Morgan fingerprint density at radius 1 is 1.08 bits per heavy atom. The molecule has 2 N–H and O–H groups in total. The Kier molecular flexibility index (Phi) is 4.70. The number of hydrogen-bond donors (Lipinski definition) is 2. The first-order valence-electron chi connectivity index (χ1n) is 7.80. The number of nitrogens with one attached hydrogen (secondary N) is 2. The molecule has 1 amide bonds. The number of hydrogen-bond acceptors (Lipinski definition) is 4. The van der Waals surface area contributed by atoms with Gasteiger partial charge in [0.1, 0.15) is 11.4 Å². The highest BCUT2D eigenvalue weighted by Gasteiger charge is 2.20. The van der Waals surface area contributed by atoms with Crippen molar-refractivity contribution in [1.82, 2.24) is 4.98 Å². The maximum Gasteiger partial charge on any atom is 0.355 e. The van der Waals surface area contributed by atoms with Crippen molar-refractivity contribution in [2.24, 2.45) is 0 Å². The molecule has 0 saturated carbocycles. The highest BCUT2D eigenvalue weighted by Crippen LogP contribution is 2.21. The van der Waals surface area contributed by atoms with Crippen LogP contribution < -0.4 is 10.1 Å². The van der Waals surface area contributed by atoms with E-state index in [0.717, 1.165) is 10.9 Å². The number of anilines is 1. The summed E-state index contributed by atoms with van der Waals surface area (Å²) in [6, 6.07) is 16.1. The van der Waals surface area contributed by atoms with Gasteiger partial charge in [0.05, 0.1) is 7.11 Å². The first-order valence-corrected chi connectivity index (χ1v) is 7.80. The molecule has 0 bridgehead atoms. The minimum atomic E-state index is -0.923. The Labute approximate surface area is 144 Å². The standard InChI is InChI=1S/C19H18N2O4/c1-12(18(22)20-14-6-4-3-5-7-14)25-19(23)17-10-13-8-9-15(24-2)11-16(13)21-17/h3-12,21H,1-2H3,(H,20,22)/t12-/m0/s1. The lowest BCUT2D eigenvalue weighted by atomic mass is 10.2. The number of aromatic amines is 1. The third kappa shape index (κ3) is 3.80.